The number of rotatable bonds is 6. The molecule has 0 bridgehead atoms. The van der Waals surface area contributed by atoms with Gasteiger partial charge in [0.2, 0.25) is 0 Å². The van der Waals surface area contributed by atoms with E-state index in [4.69, 9.17) is 16.3 Å². The number of imide groups is 1. The van der Waals surface area contributed by atoms with Crippen molar-refractivity contribution in [2.45, 2.75) is 26.2 Å². The van der Waals surface area contributed by atoms with E-state index in [1.807, 2.05) is 0 Å². The zero-order chi connectivity index (χ0) is 23.2. The molecule has 0 aromatic heterocycles. The van der Waals surface area contributed by atoms with E-state index in [0.29, 0.717) is 22.8 Å². The summed E-state index contributed by atoms with van der Waals surface area (Å²) in [6, 6.07) is 11.2. The molecule has 3 aromatic carbocycles. The van der Waals surface area contributed by atoms with Gasteiger partial charge >= 0.3 is 5.97 Å². The van der Waals surface area contributed by atoms with Gasteiger partial charge in [-0.15, -0.1) is 0 Å². The highest BCUT2D eigenvalue weighted by atomic mass is 35.5. The van der Waals surface area contributed by atoms with Crippen LogP contribution in [-0.2, 0) is 4.79 Å². The molecule has 3 aromatic rings. The van der Waals surface area contributed by atoms with Crippen molar-refractivity contribution in [2.75, 3.05) is 11.5 Å². The Kier molecular flexibility index (Phi) is 5.52. The molecule has 0 saturated heterocycles. The zero-order valence-electron chi connectivity index (χ0n) is 17.4. The maximum atomic E-state index is 13.4. The molecule has 1 heterocycles. The number of phenols is 1. The number of aromatic hydroxyl groups is 1. The van der Waals surface area contributed by atoms with Gasteiger partial charge in [0, 0.05) is 10.8 Å². The van der Waals surface area contributed by atoms with E-state index in [1.54, 1.807) is 38.1 Å². The number of phenolic OH excluding ortho intramolecular Hbond substituents is 1. The number of carboxylic acid groups (broad SMARTS) is 1. The fraction of sp³-hybridized carbons (Fsp3) is 0.208. The van der Waals surface area contributed by atoms with Gasteiger partial charge in [0.25, 0.3) is 11.8 Å². The Labute approximate surface area is 188 Å². The van der Waals surface area contributed by atoms with E-state index >= 15 is 0 Å². The Hall–Kier alpha value is -3.58. The number of aliphatic carboxylic acids is 1. The SMILES string of the molecule is CCOc1c2c(c(O)c3ccccc13)C(=O)N(c1ccc(C(CC)C(=O)O)cc1Cl)C2=O. The number of amides is 2. The number of benzene rings is 3. The zero-order valence-corrected chi connectivity index (χ0v) is 18.1. The first-order chi connectivity index (χ1) is 15.3. The summed E-state index contributed by atoms with van der Waals surface area (Å²) in [6.07, 6.45) is 0.357. The van der Waals surface area contributed by atoms with E-state index < -0.39 is 23.7 Å². The number of carbonyl (C=O) groups is 3. The van der Waals surface area contributed by atoms with Crippen LogP contribution < -0.4 is 9.64 Å². The Balaban J connectivity index is 1.88. The number of hydrogen-bond acceptors (Lipinski definition) is 5. The number of ether oxygens (including phenoxy) is 1. The van der Waals surface area contributed by atoms with E-state index in [1.165, 1.54) is 18.2 Å². The first-order valence-corrected chi connectivity index (χ1v) is 10.5. The molecule has 4 rings (SSSR count). The first-order valence-electron chi connectivity index (χ1n) is 10.1. The second kappa shape index (κ2) is 8.16. The molecule has 0 aliphatic carbocycles. The highest BCUT2D eigenvalue weighted by molar-refractivity contribution is 6.41. The monoisotopic (exact) mass is 453 g/mol. The topological polar surface area (TPSA) is 104 Å². The van der Waals surface area contributed by atoms with Gasteiger partial charge in [-0.3, -0.25) is 14.4 Å². The minimum atomic E-state index is -0.991. The molecule has 0 saturated carbocycles. The lowest BCUT2D eigenvalue weighted by Crippen LogP contribution is -2.29. The number of fused-ring (bicyclic) bond motifs is 2. The van der Waals surface area contributed by atoms with Gasteiger partial charge < -0.3 is 14.9 Å². The van der Waals surface area contributed by atoms with E-state index in [0.717, 1.165) is 4.90 Å². The smallest absolute Gasteiger partial charge is 0.310 e. The standard InChI is InChI=1S/C24H20ClNO6/c1-3-13(24(30)31)12-9-10-17(16(25)11-12)26-22(28)18-19(23(26)29)21(32-4-2)15-8-6-5-7-14(15)20(18)27/h5-11,13,27H,3-4H2,1-2H3,(H,30,31). The molecule has 32 heavy (non-hydrogen) atoms. The average Bonchev–Trinajstić information content (AvgIpc) is 3.02. The van der Waals surface area contributed by atoms with Crippen molar-refractivity contribution < 1.29 is 29.3 Å². The fourth-order valence-corrected chi connectivity index (χ4v) is 4.38. The molecule has 1 aliphatic heterocycles. The van der Waals surface area contributed by atoms with Crippen LogP contribution in [0.2, 0.25) is 5.02 Å². The van der Waals surface area contributed by atoms with Crippen LogP contribution in [0.3, 0.4) is 0 Å². The summed E-state index contributed by atoms with van der Waals surface area (Å²) in [4.78, 5) is 39.1. The summed E-state index contributed by atoms with van der Waals surface area (Å²) in [7, 11) is 0. The molecule has 0 fully saturated rings. The van der Waals surface area contributed by atoms with Gasteiger partial charge in [-0.1, -0.05) is 48.9 Å². The summed E-state index contributed by atoms with van der Waals surface area (Å²) in [5.74, 6) is -3.23. The number of carbonyl (C=O) groups excluding carboxylic acids is 2. The molecular formula is C24H20ClNO6. The predicted molar refractivity (Wildman–Crippen MR) is 120 cm³/mol. The van der Waals surface area contributed by atoms with Crippen molar-refractivity contribution in [3.63, 3.8) is 0 Å². The molecule has 1 aliphatic rings. The minimum Gasteiger partial charge on any atom is -0.506 e. The van der Waals surface area contributed by atoms with Crippen LogP contribution >= 0.6 is 11.6 Å². The number of halogens is 1. The Morgan fingerprint density at radius 1 is 1.06 bits per heavy atom. The van der Waals surface area contributed by atoms with E-state index in [-0.39, 0.29) is 39.9 Å². The normalized spacial score (nSPS) is 14.0. The lowest BCUT2D eigenvalue weighted by atomic mass is 9.96. The molecule has 7 nitrogen and oxygen atoms in total. The summed E-state index contributed by atoms with van der Waals surface area (Å²) in [5, 5.41) is 21.2. The van der Waals surface area contributed by atoms with Crippen LogP contribution in [0.15, 0.2) is 42.5 Å². The van der Waals surface area contributed by atoms with Crippen LogP contribution in [0.25, 0.3) is 10.8 Å². The molecule has 2 N–H and O–H groups in total. The van der Waals surface area contributed by atoms with Crippen LogP contribution in [0.1, 0.15) is 52.5 Å². The van der Waals surface area contributed by atoms with Gasteiger partial charge in [-0.05, 0) is 31.0 Å². The number of carboxylic acids is 1. The fourth-order valence-electron chi connectivity index (χ4n) is 4.10. The predicted octanol–water partition coefficient (Wildman–Crippen LogP) is 4.98. The highest BCUT2D eigenvalue weighted by Gasteiger charge is 2.43. The quantitative estimate of drug-likeness (QED) is 0.510. The summed E-state index contributed by atoms with van der Waals surface area (Å²) >= 11 is 6.40. The second-order valence-corrected chi connectivity index (χ2v) is 7.77. The third-order valence-corrected chi connectivity index (χ3v) is 5.89. The van der Waals surface area contributed by atoms with Crippen molar-refractivity contribution in [1.82, 2.24) is 0 Å². The third kappa shape index (κ3) is 3.17. The molecule has 1 unspecified atom stereocenters. The third-order valence-electron chi connectivity index (χ3n) is 5.58. The summed E-state index contributed by atoms with van der Waals surface area (Å²) in [5.41, 5.74) is 0.404. The van der Waals surface area contributed by atoms with Crippen molar-refractivity contribution in [1.29, 1.82) is 0 Å². The van der Waals surface area contributed by atoms with E-state index in [2.05, 4.69) is 0 Å². The lowest BCUT2D eigenvalue weighted by molar-refractivity contribution is -0.138. The number of hydrogen-bond donors (Lipinski definition) is 2. The van der Waals surface area contributed by atoms with Crippen LogP contribution in [0.4, 0.5) is 5.69 Å². The second-order valence-electron chi connectivity index (χ2n) is 7.36. The van der Waals surface area contributed by atoms with Gasteiger partial charge in [0.1, 0.15) is 11.5 Å². The molecule has 8 heteroatoms. The molecular weight excluding hydrogens is 434 g/mol. The number of anilines is 1. The molecule has 2 amide bonds. The summed E-state index contributed by atoms with van der Waals surface area (Å²) in [6.45, 7) is 3.76. The number of nitrogens with zero attached hydrogens (tertiary/aromatic N) is 1. The largest absolute Gasteiger partial charge is 0.506 e. The maximum absolute atomic E-state index is 13.4. The average molecular weight is 454 g/mol. The van der Waals surface area contributed by atoms with Crippen molar-refractivity contribution in [3.8, 4) is 11.5 Å². The first kappa shape index (κ1) is 21.6. The van der Waals surface area contributed by atoms with Gasteiger partial charge in [-0.25, -0.2) is 4.90 Å². The van der Waals surface area contributed by atoms with Crippen LogP contribution in [0.5, 0.6) is 11.5 Å². The van der Waals surface area contributed by atoms with Gasteiger partial charge in [-0.2, -0.15) is 0 Å². The van der Waals surface area contributed by atoms with Crippen molar-refractivity contribution in [2.24, 2.45) is 0 Å². The molecule has 0 spiro atoms. The van der Waals surface area contributed by atoms with Crippen molar-refractivity contribution in [3.05, 3.63) is 64.2 Å². The lowest BCUT2D eigenvalue weighted by Gasteiger charge is -2.18. The Morgan fingerprint density at radius 3 is 2.31 bits per heavy atom. The molecule has 164 valence electrons. The Morgan fingerprint density at radius 2 is 1.72 bits per heavy atom. The molecule has 0 radical (unpaired) electrons. The van der Waals surface area contributed by atoms with E-state index in [9.17, 15) is 24.6 Å². The van der Waals surface area contributed by atoms with Crippen LogP contribution in [0, 0.1) is 0 Å². The van der Waals surface area contributed by atoms with Crippen LogP contribution in [-0.4, -0.2) is 34.6 Å². The van der Waals surface area contributed by atoms with Gasteiger partial charge in [0.15, 0.2) is 0 Å². The molecule has 1 atom stereocenters. The Bertz CT molecular complexity index is 1290. The maximum Gasteiger partial charge on any atom is 0.310 e. The van der Waals surface area contributed by atoms with Gasteiger partial charge in [0.05, 0.1) is 34.4 Å². The highest BCUT2D eigenvalue weighted by Crippen LogP contribution is 2.46. The van der Waals surface area contributed by atoms with Crippen molar-refractivity contribution >= 4 is 45.8 Å². The minimum absolute atomic E-state index is 0.0230. The summed E-state index contributed by atoms with van der Waals surface area (Å²) < 4.78 is 5.73.